The number of hydrogen-bond donors (Lipinski definition) is 4. The number of primary amides is 1. The van der Waals surface area contributed by atoms with Crippen LogP contribution in [0.15, 0.2) is 36.4 Å². The summed E-state index contributed by atoms with van der Waals surface area (Å²) in [4.78, 5) is 80.4. The number of nitrogens with two attached hydrogens (primary N) is 1. The average Bonchev–Trinajstić information content (AvgIpc) is 3.60. The van der Waals surface area contributed by atoms with Crippen LogP contribution in [0, 0.1) is 0 Å². The number of imide groups is 1. The molecule has 0 spiro atoms. The van der Waals surface area contributed by atoms with Gasteiger partial charge in [0, 0.05) is 94.8 Å². The van der Waals surface area contributed by atoms with Crippen LogP contribution in [0.3, 0.4) is 0 Å². The first kappa shape index (κ1) is 41.7. The number of methoxy groups -OCH3 is 1. The molecule has 324 valence electrons. The van der Waals surface area contributed by atoms with Gasteiger partial charge >= 0.3 is 0 Å². The third-order valence-electron chi connectivity index (χ3n) is 12.4. The number of amides is 5. The quantitative estimate of drug-likeness (QED) is 0.182. The number of anilines is 4. The van der Waals surface area contributed by atoms with Crippen molar-refractivity contribution in [3.63, 3.8) is 0 Å². The number of nitrogens with zero attached hydrogens (tertiary/aromatic N) is 6. The second kappa shape index (κ2) is 18.3. The summed E-state index contributed by atoms with van der Waals surface area (Å²) in [6.07, 6.45) is 4.72. The van der Waals surface area contributed by atoms with Gasteiger partial charge in [-0.15, -0.1) is 0 Å². The molecule has 18 heteroatoms. The summed E-state index contributed by atoms with van der Waals surface area (Å²) in [7, 11) is 1.65. The number of carbonyl (C=O) groups is 5. The van der Waals surface area contributed by atoms with Crippen LogP contribution >= 0.6 is 0 Å². The topological polar surface area (TPSA) is 214 Å². The number of aromatic nitrogens is 2. The van der Waals surface area contributed by atoms with Crippen LogP contribution in [0.2, 0.25) is 0 Å². The van der Waals surface area contributed by atoms with E-state index in [4.69, 9.17) is 24.9 Å². The fraction of sp³-hybridized carbons (Fsp3) is 0.512. The van der Waals surface area contributed by atoms with E-state index in [0.29, 0.717) is 79.4 Å². The maximum absolute atomic E-state index is 13.2. The monoisotopic (exact) mass is 838 g/mol. The maximum atomic E-state index is 13.2. The van der Waals surface area contributed by atoms with E-state index < -0.39 is 17.9 Å². The van der Waals surface area contributed by atoms with Gasteiger partial charge in [-0.3, -0.25) is 34.2 Å². The fourth-order valence-corrected chi connectivity index (χ4v) is 8.95. The van der Waals surface area contributed by atoms with Gasteiger partial charge in [-0.05, 0) is 68.4 Å². The molecule has 0 aliphatic carbocycles. The first-order valence-electron chi connectivity index (χ1n) is 21.3. The summed E-state index contributed by atoms with van der Waals surface area (Å²) in [6, 6.07) is 10.9. The van der Waals surface area contributed by atoms with Crippen molar-refractivity contribution in [1.29, 1.82) is 0 Å². The fourth-order valence-electron chi connectivity index (χ4n) is 8.95. The van der Waals surface area contributed by atoms with E-state index in [1.54, 1.807) is 25.3 Å². The van der Waals surface area contributed by atoms with Crippen LogP contribution in [0.25, 0.3) is 0 Å². The van der Waals surface area contributed by atoms with Gasteiger partial charge in [-0.1, -0.05) is 13.0 Å². The SMILES string of the molecule is CCc1nc(C(N)=O)c(Nc2ccc(N3CCC(N4CCN(C(=O)COc5ccc6c(c5)C(=O)N(C5CCC(=O)NC5=O)C6)CC4)CC3)c(OC)c2)nc1NC1CCOCC1. The zero-order valence-corrected chi connectivity index (χ0v) is 34.7. The van der Waals surface area contributed by atoms with Crippen LogP contribution in [-0.4, -0.2) is 139 Å². The molecule has 1 atom stereocenters. The number of carbonyl (C=O) groups excluding carboxylic acids is 5. The first-order valence-corrected chi connectivity index (χ1v) is 21.3. The van der Waals surface area contributed by atoms with Crippen molar-refractivity contribution in [2.24, 2.45) is 5.73 Å². The normalized spacial score (nSPS) is 20.3. The Balaban J connectivity index is 0.815. The van der Waals surface area contributed by atoms with Gasteiger partial charge < -0.3 is 45.3 Å². The Labute approximate surface area is 354 Å². The molecule has 3 aromatic rings. The molecule has 8 rings (SSSR count). The van der Waals surface area contributed by atoms with E-state index >= 15 is 0 Å². The van der Waals surface area contributed by atoms with Crippen LogP contribution in [-0.2, 0) is 32.1 Å². The van der Waals surface area contributed by atoms with Crippen molar-refractivity contribution in [2.75, 3.05) is 81.7 Å². The van der Waals surface area contributed by atoms with Gasteiger partial charge in [-0.2, -0.15) is 0 Å². The van der Waals surface area contributed by atoms with E-state index in [1.165, 1.54) is 4.90 Å². The summed E-state index contributed by atoms with van der Waals surface area (Å²) >= 11 is 0. The van der Waals surface area contributed by atoms with Crippen molar-refractivity contribution >= 4 is 52.5 Å². The highest BCUT2D eigenvalue weighted by atomic mass is 16.5. The molecule has 0 radical (unpaired) electrons. The molecular formula is C43H54N10O8. The van der Waals surface area contributed by atoms with Gasteiger partial charge in [0.25, 0.3) is 17.7 Å². The second-order valence-corrected chi connectivity index (χ2v) is 16.1. The smallest absolute Gasteiger partial charge is 0.271 e. The van der Waals surface area contributed by atoms with Gasteiger partial charge in [0.05, 0.1) is 18.5 Å². The highest BCUT2D eigenvalue weighted by Gasteiger charge is 2.39. The zero-order chi connectivity index (χ0) is 42.6. The lowest BCUT2D eigenvalue weighted by Crippen LogP contribution is -2.55. The zero-order valence-electron chi connectivity index (χ0n) is 34.7. The highest BCUT2D eigenvalue weighted by molar-refractivity contribution is 6.05. The standard InChI is InChI=1S/C43H54N10O8/c1-3-32-40(45-27-12-20-60-21-13-27)49-41(38(47-32)39(44)56)46-28-5-7-33(35(22-28)59-2)51-14-10-29(11-15-51)50-16-18-52(19-17-50)37(55)25-61-30-6-4-26-24-53(43(58)31(26)23-30)34-8-9-36(54)48-42(34)57/h4-7,22-23,27,29,34H,3,8-21,24-25H2,1-2H3,(H2,44,56)(H2,45,46,49)(H,48,54,57). The summed E-state index contributed by atoms with van der Waals surface area (Å²) in [5, 5.41) is 9.10. The Bertz CT molecular complexity index is 2160. The molecule has 5 amide bonds. The van der Waals surface area contributed by atoms with Crippen LogP contribution in [0.1, 0.15) is 77.6 Å². The van der Waals surface area contributed by atoms with Gasteiger partial charge in [-0.25, -0.2) is 9.97 Å². The predicted molar refractivity (Wildman–Crippen MR) is 225 cm³/mol. The molecule has 1 aromatic heterocycles. The summed E-state index contributed by atoms with van der Waals surface area (Å²) in [5.74, 6) is 0.177. The van der Waals surface area contributed by atoms with Gasteiger partial charge in [0.2, 0.25) is 11.8 Å². The average molecular weight is 839 g/mol. The number of rotatable bonds is 13. The minimum absolute atomic E-state index is 0.0783. The molecule has 5 aliphatic heterocycles. The molecule has 4 saturated heterocycles. The Morgan fingerprint density at radius 1 is 0.934 bits per heavy atom. The van der Waals surface area contributed by atoms with E-state index in [0.717, 1.165) is 63.1 Å². The van der Waals surface area contributed by atoms with Crippen LogP contribution < -0.4 is 36.1 Å². The van der Waals surface area contributed by atoms with Crippen molar-refractivity contribution in [2.45, 2.75) is 76.5 Å². The second-order valence-electron chi connectivity index (χ2n) is 16.1. The summed E-state index contributed by atoms with van der Waals surface area (Å²) in [5.41, 5.74) is 9.41. The molecule has 6 heterocycles. The number of benzene rings is 2. The lowest BCUT2D eigenvalue weighted by molar-refractivity contribution is -0.137. The Kier molecular flexibility index (Phi) is 12.5. The number of fused-ring (bicyclic) bond motifs is 1. The summed E-state index contributed by atoms with van der Waals surface area (Å²) in [6.45, 7) is 7.90. The largest absolute Gasteiger partial charge is 0.495 e. The van der Waals surface area contributed by atoms with E-state index in [-0.39, 0.29) is 54.8 Å². The minimum Gasteiger partial charge on any atom is -0.495 e. The van der Waals surface area contributed by atoms with E-state index in [9.17, 15) is 24.0 Å². The number of nitrogens with one attached hydrogen (secondary N) is 3. The van der Waals surface area contributed by atoms with Crippen LogP contribution in [0.5, 0.6) is 11.5 Å². The molecular weight excluding hydrogens is 785 g/mol. The molecule has 5 aliphatic rings. The molecule has 4 fully saturated rings. The molecule has 0 saturated carbocycles. The van der Waals surface area contributed by atoms with Crippen LogP contribution in [0.4, 0.5) is 23.0 Å². The third-order valence-corrected chi connectivity index (χ3v) is 12.4. The lowest BCUT2D eigenvalue weighted by Gasteiger charge is -2.43. The number of piperidine rings is 2. The predicted octanol–water partition coefficient (Wildman–Crippen LogP) is 2.43. The van der Waals surface area contributed by atoms with E-state index in [2.05, 4.69) is 30.7 Å². The van der Waals surface area contributed by atoms with Crippen molar-refractivity contribution in [1.82, 2.24) is 30.0 Å². The number of ether oxygens (including phenoxy) is 3. The number of piperazine rings is 1. The van der Waals surface area contributed by atoms with E-state index in [1.807, 2.05) is 30.0 Å². The Morgan fingerprint density at radius 2 is 1.70 bits per heavy atom. The molecule has 61 heavy (non-hydrogen) atoms. The van der Waals surface area contributed by atoms with Gasteiger partial charge in [0.1, 0.15) is 17.5 Å². The maximum Gasteiger partial charge on any atom is 0.271 e. The van der Waals surface area contributed by atoms with Crippen molar-refractivity contribution in [3.8, 4) is 11.5 Å². The molecule has 2 aromatic carbocycles. The lowest BCUT2D eigenvalue weighted by atomic mass is 10.0. The molecule has 5 N–H and O–H groups in total. The van der Waals surface area contributed by atoms with Crippen molar-refractivity contribution in [3.05, 3.63) is 58.9 Å². The Morgan fingerprint density at radius 3 is 2.41 bits per heavy atom. The first-order chi connectivity index (χ1) is 29.6. The number of aryl methyl sites for hydroxylation is 1. The minimum atomic E-state index is -0.688. The molecule has 18 nitrogen and oxygen atoms in total. The van der Waals surface area contributed by atoms with Gasteiger partial charge in [0.15, 0.2) is 23.9 Å². The van der Waals surface area contributed by atoms with Crippen molar-refractivity contribution < 1.29 is 38.2 Å². The Hall–Kier alpha value is -6.01. The summed E-state index contributed by atoms with van der Waals surface area (Å²) < 4.78 is 17.2. The third kappa shape index (κ3) is 9.19. The molecule has 1 unspecified atom stereocenters. The highest BCUT2D eigenvalue weighted by Crippen LogP contribution is 2.36. The number of hydrogen-bond acceptors (Lipinski definition) is 14. The molecule has 0 bridgehead atoms.